The normalized spacial score (nSPS) is 9.92. The van der Waals surface area contributed by atoms with Gasteiger partial charge in [0.1, 0.15) is 5.75 Å². The Kier molecular flexibility index (Phi) is 5.02. The number of hydrogen-bond donors (Lipinski definition) is 0. The molecule has 0 aliphatic heterocycles. The van der Waals surface area contributed by atoms with Crippen LogP contribution in [0.2, 0.25) is 0 Å². The third-order valence-electron chi connectivity index (χ3n) is 1.61. The highest BCUT2D eigenvalue weighted by atomic mass is 16.7. The van der Waals surface area contributed by atoms with Gasteiger partial charge in [0, 0.05) is 0 Å². The van der Waals surface area contributed by atoms with Gasteiger partial charge in [-0.15, -0.1) is 0 Å². The van der Waals surface area contributed by atoms with Gasteiger partial charge in [-0.05, 0) is 18.6 Å². The lowest BCUT2D eigenvalue weighted by atomic mass is 10.3. The third kappa shape index (κ3) is 4.53. The van der Waals surface area contributed by atoms with Crippen molar-refractivity contribution >= 4 is 0 Å². The summed E-state index contributed by atoms with van der Waals surface area (Å²) in [6, 6.07) is 9.58. The van der Waals surface area contributed by atoms with Crippen LogP contribution in [0.1, 0.15) is 19.8 Å². The second-order valence-electron chi connectivity index (χ2n) is 2.75. The first-order chi connectivity index (χ1) is 6.43. The van der Waals surface area contributed by atoms with Crippen molar-refractivity contribution in [3.05, 3.63) is 37.1 Å². The van der Waals surface area contributed by atoms with Crippen molar-refractivity contribution < 1.29 is 9.47 Å². The Hall–Kier alpha value is -1.02. The predicted molar refractivity (Wildman–Crippen MR) is 52.2 cm³/mol. The Morgan fingerprint density at radius 1 is 1.23 bits per heavy atom. The number of rotatable bonds is 6. The minimum absolute atomic E-state index is 0.726. The zero-order chi connectivity index (χ0) is 9.36. The Morgan fingerprint density at radius 2 is 2.00 bits per heavy atom. The Balaban J connectivity index is 2.07. The van der Waals surface area contributed by atoms with E-state index in [1.807, 2.05) is 30.3 Å². The monoisotopic (exact) mass is 179 g/mol. The van der Waals surface area contributed by atoms with E-state index in [1.54, 1.807) is 0 Å². The summed E-state index contributed by atoms with van der Waals surface area (Å²) in [5, 5.41) is 0. The molecule has 1 radical (unpaired) electrons. The van der Waals surface area contributed by atoms with Crippen LogP contribution in [-0.4, -0.2) is 6.61 Å². The maximum Gasteiger partial charge on any atom is 0.263 e. The van der Waals surface area contributed by atoms with Crippen LogP contribution < -0.4 is 4.74 Å². The summed E-state index contributed by atoms with van der Waals surface area (Å²) in [6.45, 7) is 4.25. The summed E-state index contributed by atoms with van der Waals surface area (Å²) in [4.78, 5) is 0. The molecule has 0 amide bonds. The van der Waals surface area contributed by atoms with E-state index >= 15 is 0 Å². The fraction of sp³-hybridized carbons (Fsp3) is 0.364. The van der Waals surface area contributed by atoms with E-state index in [4.69, 9.17) is 9.47 Å². The van der Waals surface area contributed by atoms with Gasteiger partial charge >= 0.3 is 0 Å². The maximum atomic E-state index is 5.21. The molecule has 1 aromatic rings. The maximum absolute atomic E-state index is 5.21. The molecule has 0 aliphatic rings. The molecule has 0 aromatic heterocycles. The molecule has 71 valence electrons. The van der Waals surface area contributed by atoms with Crippen LogP contribution in [0.15, 0.2) is 30.3 Å². The highest BCUT2D eigenvalue weighted by Gasteiger charge is 1.91. The van der Waals surface area contributed by atoms with E-state index in [-0.39, 0.29) is 0 Å². The van der Waals surface area contributed by atoms with E-state index in [0.29, 0.717) is 0 Å². The molecule has 13 heavy (non-hydrogen) atoms. The van der Waals surface area contributed by atoms with Gasteiger partial charge in [-0.1, -0.05) is 31.5 Å². The number of para-hydroxylation sites is 1. The molecule has 1 rings (SSSR count). The summed E-state index contributed by atoms with van der Waals surface area (Å²) in [5.74, 6) is 0.805. The van der Waals surface area contributed by atoms with Crippen LogP contribution in [0.5, 0.6) is 5.75 Å². The first kappa shape index (κ1) is 10.1. The molecule has 0 heterocycles. The summed E-state index contributed by atoms with van der Waals surface area (Å²) in [7, 11) is 0. The van der Waals surface area contributed by atoms with Gasteiger partial charge in [-0.25, -0.2) is 0 Å². The lowest BCUT2D eigenvalue weighted by Gasteiger charge is -2.04. The van der Waals surface area contributed by atoms with Gasteiger partial charge in [0.05, 0.1) is 6.61 Å². The van der Waals surface area contributed by atoms with Crippen LogP contribution in [0.4, 0.5) is 0 Å². The molecular weight excluding hydrogens is 164 g/mol. The SMILES string of the molecule is CCCCO[CH]Oc1ccccc1. The van der Waals surface area contributed by atoms with Crippen molar-refractivity contribution in [1.82, 2.24) is 0 Å². The molecule has 0 N–H and O–H groups in total. The van der Waals surface area contributed by atoms with Crippen LogP contribution in [0.3, 0.4) is 0 Å². The van der Waals surface area contributed by atoms with Gasteiger partial charge in [0.2, 0.25) is 0 Å². The fourth-order valence-corrected chi connectivity index (χ4v) is 0.864. The number of benzene rings is 1. The second kappa shape index (κ2) is 6.49. The van der Waals surface area contributed by atoms with E-state index in [2.05, 4.69) is 6.92 Å². The number of hydrogen-bond acceptors (Lipinski definition) is 2. The molecule has 0 atom stereocenters. The lowest BCUT2D eigenvalue weighted by molar-refractivity contribution is 0.0900. The van der Waals surface area contributed by atoms with Crippen LogP contribution in [0, 0.1) is 6.79 Å². The quantitative estimate of drug-likeness (QED) is 0.625. The molecule has 2 heteroatoms. The van der Waals surface area contributed by atoms with Crippen molar-refractivity contribution in [3.63, 3.8) is 0 Å². The van der Waals surface area contributed by atoms with Crippen molar-refractivity contribution in [2.24, 2.45) is 0 Å². The van der Waals surface area contributed by atoms with Gasteiger partial charge in [-0.2, -0.15) is 0 Å². The van der Waals surface area contributed by atoms with Gasteiger partial charge in [0.15, 0.2) is 0 Å². The van der Waals surface area contributed by atoms with Crippen LogP contribution >= 0.6 is 0 Å². The molecular formula is C11H15O2. The van der Waals surface area contributed by atoms with Crippen molar-refractivity contribution in [1.29, 1.82) is 0 Å². The number of unbranched alkanes of at least 4 members (excludes halogenated alkanes) is 1. The van der Waals surface area contributed by atoms with Gasteiger partial charge in [-0.3, -0.25) is 0 Å². The third-order valence-corrected chi connectivity index (χ3v) is 1.61. The smallest absolute Gasteiger partial charge is 0.263 e. The van der Waals surface area contributed by atoms with E-state index in [9.17, 15) is 0 Å². The zero-order valence-electron chi connectivity index (χ0n) is 7.90. The van der Waals surface area contributed by atoms with Crippen molar-refractivity contribution in [2.75, 3.05) is 6.61 Å². The Labute approximate surface area is 79.5 Å². The largest absolute Gasteiger partial charge is 0.458 e. The van der Waals surface area contributed by atoms with E-state index in [1.165, 1.54) is 6.79 Å². The van der Waals surface area contributed by atoms with Gasteiger partial charge in [0.25, 0.3) is 6.79 Å². The highest BCUT2D eigenvalue weighted by Crippen LogP contribution is 2.09. The molecule has 0 saturated carbocycles. The molecule has 0 spiro atoms. The lowest BCUT2D eigenvalue weighted by Crippen LogP contribution is -1.97. The average molecular weight is 179 g/mol. The minimum Gasteiger partial charge on any atom is -0.458 e. The first-order valence-electron chi connectivity index (χ1n) is 4.58. The summed E-state index contributed by atoms with van der Waals surface area (Å²) in [6.07, 6.45) is 2.20. The molecule has 0 saturated heterocycles. The summed E-state index contributed by atoms with van der Waals surface area (Å²) in [5.41, 5.74) is 0. The van der Waals surface area contributed by atoms with Crippen LogP contribution in [-0.2, 0) is 4.74 Å². The molecule has 0 aliphatic carbocycles. The molecule has 1 aromatic carbocycles. The first-order valence-corrected chi connectivity index (χ1v) is 4.58. The summed E-state index contributed by atoms with van der Waals surface area (Å²) >= 11 is 0. The predicted octanol–water partition coefficient (Wildman–Crippen LogP) is 3.00. The standard InChI is InChI=1S/C11H15O2/c1-2-3-9-12-10-13-11-7-5-4-6-8-11/h4-8,10H,2-3,9H2,1H3. The van der Waals surface area contributed by atoms with Gasteiger partial charge < -0.3 is 9.47 Å². The molecule has 0 bridgehead atoms. The highest BCUT2D eigenvalue weighted by molar-refractivity contribution is 5.21. The van der Waals surface area contributed by atoms with Crippen LogP contribution in [0.25, 0.3) is 0 Å². The number of ether oxygens (including phenoxy) is 2. The molecule has 0 fully saturated rings. The Morgan fingerprint density at radius 3 is 2.69 bits per heavy atom. The molecule has 2 nitrogen and oxygen atoms in total. The molecule has 0 unspecified atom stereocenters. The van der Waals surface area contributed by atoms with Crippen molar-refractivity contribution in [3.8, 4) is 5.75 Å². The zero-order valence-corrected chi connectivity index (χ0v) is 7.90. The minimum atomic E-state index is 0.726. The topological polar surface area (TPSA) is 18.5 Å². The van der Waals surface area contributed by atoms with Crippen molar-refractivity contribution in [2.45, 2.75) is 19.8 Å². The fourth-order valence-electron chi connectivity index (χ4n) is 0.864. The van der Waals surface area contributed by atoms with E-state index in [0.717, 1.165) is 25.2 Å². The van der Waals surface area contributed by atoms with E-state index < -0.39 is 0 Å². The Bertz CT molecular complexity index is 209. The second-order valence-corrected chi connectivity index (χ2v) is 2.75. The summed E-state index contributed by atoms with van der Waals surface area (Å²) < 4.78 is 10.3. The average Bonchev–Trinajstić information content (AvgIpc) is 2.19.